The minimum absolute atomic E-state index is 0.00267. The summed E-state index contributed by atoms with van der Waals surface area (Å²) in [6.45, 7) is 2.26. The van der Waals surface area contributed by atoms with Crippen LogP contribution in [0.3, 0.4) is 0 Å². The van der Waals surface area contributed by atoms with Crippen molar-refractivity contribution in [1.82, 2.24) is 0 Å². The molecule has 2 aliphatic heterocycles. The van der Waals surface area contributed by atoms with Crippen molar-refractivity contribution >= 4 is 23.0 Å². The fraction of sp³-hybridized carbons (Fsp3) is 0.269. The number of halogens is 1. The predicted molar refractivity (Wildman–Crippen MR) is 125 cm³/mol. The fourth-order valence-electron chi connectivity index (χ4n) is 4.85. The summed E-state index contributed by atoms with van der Waals surface area (Å²) < 4.78 is 18.9. The Kier molecular flexibility index (Phi) is 5.43. The van der Waals surface area contributed by atoms with Crippen LogP contribution < -0.4 is 19.9 Å². The minimum Gasteiger partial charge on any atom is -0.497 e. The molecule has 5 rings (SSSR count). The first-order valence-corrected chi connectivity index (χ1v) is 10.9. The smallest absolute Gasteiger partial charge is 0.229 e. The number of rotatable bonds is 4. The van der Waals surface area contributed by atoms with Gasteiger partial charge in [-0.25, -0.2) is 4.39 Å². The molecule has 1 saturated heterocycles. The van der Waals surface area contributed by atoms with Gasteiger partial charge in [-0.05, 0) is 54.4 Å². The van der Waals surface area contributed by atoms with E-state index in [-0.39, 0.29) is 23.7 Å². The monoisotopic (exact) mass is 431 g/mol. The molecule has 5 nitrogen and oxygen atoms in total. The number of benzene rings is 3. The second kappa shape index (κ2) is 8.54. The number of piperazine rings is 1. The number of carbonyl (C=O) groups excluding carboxylic acids is 1. The van der Waals surface area contributed by atoms with E-state index < -0.39 is 0 Å². The molecule has 32 heavy (non-hydrogen) atoms. The number of ether oxygens (including phenoxy) is 1. The van der Waals surface area contributed by atoms with Crippen molar-refractivity contribution in [2.75, 3.05) is 41.9 Å². The largest absolute Gasteiger partial charge is 0.497 e. The maximum atomic E-state index is 13.4. The number of nitrogens with one attached hydrogen (secondary N) is 1. The van der Waals surface area contributed by atoms with Gasteiger partial charge in [0.25, 0.3) is 0 Å². The average Bonchev–Trinajstić information content (AvgIpc) is 2.84. The first-order chi connectivity index (χ1) is 15.6. The van der Waals surface area contributed by atoms with Crippen molar-refractivity contribution in [2.24, 2.45) is 5.92 Å². The van der Waals surface area contributed by atoms with Crippen molar-refractivity contribution in [3.05, 3.63) is 84.2 Å². The van der Waals surface area contributed by atoms with Gasteiger partial charge < -0.3 is 19.9 Å². The molecule has 2 heterocycles. The molecule has 0 aromatic heterocycles. The van der Waals surface area contributed by atoms with Crippen molar-refractivity contribution < 1.29 is 13.9 Å². The summed E-state index contributed by atoms with van der Waals surface area (Å²) in [5, 5.41) is 3.10. The van der Waals surface area contributed by atoms with Gasteiger partial charge in [-0.15, -0.1) is 0 Å². The Morgan fingerprint density at radius 3 is 2.56 bits per heavy atom. The number of fused-ring (bicyclic) bond motifs is 3. The van der Waals surface area contributed by atoms with Gasteiger partial charge >= 0.3 is 0 Å². The molecule has 164 valence electrons. The molecule has 1 amide bonds. The third-order valence-corrected chi connectivity index (χ3v) is 6.49. The predicted octanol–water partition coefficient (Wildman–Crippen LogP) is 4.34. The molecule has 0 aliphatic carbocycles. The summed E-state index contributed by atoms with van der Waals surface area (Å²) >= 11 is 0. The summed E-state index contributed by atoms with van der Waals surface area (Å²) in [7, 11) is 1.67. The van der Waals surface area contributed by atoms with E-state index >= 15 is 0 Å². The van der Waals surface area contributed by atoms with E-state index in [9.17, 15) is 9.18 Å². The van der Waals surface area contributed by atoms with Crippen LogP contribution in [0.25, 0.3) is 0 Å². The van der Waals surface area contributed by atoms with Crippen molar-refractivity contribution in [3.8, 4) is 5.75 Å². The topological polar surface area (TPSA) is 44.8 Å². The second-order valence-electron chi connectivity index (χ2n) is 8.34. The molecule has 0 saturated carbocycles. The van der Waals surface area contributed by atoms with E-state index in [2.05, 4.69) is 27.2 Å². The molecule has 0 bridgehead atoms. The summed E-state index contributed by atoms with van der Waals surface area (Å²) in [4.78, 5) is 18.0. The van der Waals surface area contributed by atoms with Crippen LogP contribution in [0.1, 0.15) is 5.56 Å². The van der Waals surface area contributed by atoms with Crippen LogP contribution in [0.4, 0.5) is 21.5 Å². The Hall–Kier alpha value is -3.54. The zero-order valence-corrected chi connectivity index (χ0v) is 18.0. The zero-order chi connectivity index (χ0) is 22.1. The lowest BCUT2D eigenvalue weighted by atomic mass is 9.83. The van der Waals surface area contributed by atoms with Crippen LogP contribution in [0.2, 0.25) is 0 Å². The summed E-state index contributed by atoms with van der Waals surface area (Å²) in [6, 6.07) is 22.3. The molecule has 1 fully saturated rings. The van der Waals surface area contributed by atoms with E-state index in [4.69, 9.17) is 4.74 Å². The van der Waals surface area contributed by atoms with Gasteiger partial charge in [0.05, 0.1) is 19.1 Å². The lowest BCUT2D eigenvalue weighted by molar-refractivity contribution is -0.120. The van der Waals surface area contributed by atoms with Crippen LogP contribution in [-0.4, -0.2) is 38.7 Å². The van der Waals surface area contributed by atoms with Crippen molar-refractivity contribution in [2.45, 2.75) is 12.5 Å². The highest BCUT2D eigenvalue weighted by molar-refractivity contribution is 5.94. The normalized spacial score (nSPS) is 19.7. The maximum Gasteiger partial charge on any atom is 0.229 e. The van der Waals surface area contributed by atoms with E-state index in [1.54, 1.807) is 7.11 Å². The molecule has 0 unspecified atom stereocenters. The molecule has 2 atom stereocenters. The van der Waals surface area contributed by atoms with Gasteiger partial charge in [-0.1, -0.05) is 24.3 Å². The summed E-state index contributed by atoms with van der Waals surface area (Å²) in [6.07, 6.45) is 0.663. The Balaban J connectivity index is 1.47. The van der Waals surface area contributed by atoms with Crippen molar-refractivity contribution in [3.63, 3.8) is 0 Å². The Bertz CT molecular complexity index is 1100. The SMILES string of the molecule is COc1ccc2c(c1)N1CCN(c3ccc(F)cc3)C[C@H]1[C@H](C(=O)Nc1ccccc1)C2. The lowest BCUT2D eigenvalue weighted by Gasteiger charge is -2.49. The van der Waals surface area contributed by atoms with Gasteiger partial charge in [-0.2, -0.15) is 0 Å². The molecule has 0 radical (unpaired) electrons. The van der Waals surface area contributed by atoms with Gasteiger partial charge in [0.2, 0.25) is 5.91 Å². The number of hydrogen-bond donors (Lipinski definition) is 1. The number of amides is 1. The first-order valence-electron chi connectivity index (χ1n) is 10.9. The minimum atomic E-state index is -0.244. The molecular formula is C26H26FN3O2. The Labute approximate surface area is 187 Å². The van der Waals surface area contributed by atoms with Crippen LogP contribution in [0.5, 0.6) is 5.75 Å². The van der Waals surface area contributed by atoms with E-state index in [1.807, 2.05) is 48.5 Å². The number of methoxy groups -OCH3 is 1. The number of para-hydroxylation sites is 1. The van der Waals surface area contributed by atoms with E-state index in [1.165, 1.54) is 12.1 Å². The quantitative estimate of drug-likeness (QED) is 0.668. The third-order valence-electron chi connectivity index (χ3n) is 6.49. The molecule has 0 spiro atoms. The highest BCUT2D eigenvalue weighted by atomic mass is 19.1. The van der Waals surface area contributed by atoms with Crippen molar-refractivity contribution in [1.29, 1.82) is 0 Å². The molecule has 1 N–H and O–H groups in total. The summed E-state index contributed by atoms with van der Waals surface area (Å²) in [5.74, 6) is 0.384. The fourth-order valence-corrected chi connectivity index (χ4v) is 4.85. The van der Waals surface area contributed by atoms with Crippen LogP contribution in [-0.2, 0) is 11.2 Å². The van der Waals surface area contributed by atoms with Gasteiger partial charge in [0.15, 0.2) is 0 Å². The first kappa shape index (κ1) is 20.4. The number of carbonyl (C=O) groups is 1. The molecular weight excluding hydrogens is 405 g/mol. The molecule has 3 aromatic rings. The average molecular weight is 432 g/mol. The second-order valence-corrected chi connectivity index (χ2v) is 8.34. The van der Waals surface area contributed by atoms with E-state index in [0.717, 1.165) is 41.5 Å². The Morgan fingerprint density at radius 1 is 1.03 bits per heavy atom. The van der Waals surface area contributed by atoms with Gasteiger partial charge in [-0.3, -0.25) is 4.79 Å². The standard InChI is InChI=1S/C26H26FN3O2/c1-32-22-12-7-18-15-23(26(31)28-20-5-3-2-4-6-20)25-17-29(13-14-30(25)24(18)16-22)21-10-8-19(27)9-11-21/h2-12,16,23,25H,13-15,17H2,1H3,(H,28,31)/t23-,25+/m1/s1. The number of anilines is 3. The molecule has 3 aromatic carbocycles. The Morgan fingerprint density at radius 2 is 1.81 bits per heavy atom. The lowest BCUT2D eigenvalue weighted by Crippen LogP contribution is -2.60. The third kappa shape index (κ3) is 3.88. The maximum absolute atomic E-state index is 13.4. The number of nitrogens with zero attached hydrogens (tertiary/aromatic N) is 2. The number of hydrogen-bond acceptors (Lipinski definition) is 4. The van der Waals surface area contributed by atoms with Gasteiger partial charge in [0.1, 0.15) is 11.6 Å². The van der Waals surface area contributed by atoms with Crippen LogP contribution >= 0.6 is 0 Å². The highest BCUT2D eigenvalue weighted by Crippen LogP contribution is 2.39. The van der Waals surface area contributed by atoms with Crippen LogP contribution in [0.15, 0.2) is 72.8 Å². The zero-order valence-electron chi connectivity index (χ0n) is 18.0. The van der Waals surface area contributed by atoms with Gasteiger partial charge in [0, 0.05) is 42.8 Å². The highest BCUT2D eigenvalue weighted by Gasteiger charge is 2.41. The van der Waals surface area contributed by atoms with E-state index in [0.29, 0.717) is 13.0 Å². The molecule has 2 aliphatic rings. The van der Waals surface area contributed by atoms with Crippen LogP contribution in [0, 0.1) is 11.7 Å². The molecule has 6 heteroatoms. The summed E-state index contributed by atoms with van der Waals surface area (Å²) in [5.41, 5.74) is 4.07.